The van der Waals surface area contributed by atoms with Crippen LogP contribution in [-0.4, -0.2) is 6.42 Å². The molecule has 0 spiro atoms. The quantitative estimate of drug-likeness (QED) is 0.498. The summed E-state index contributed by atoms with van der Waals surface area (Å²) in [7, 11) is 0. The van der Waals surface area contributed by atoms with Crippen LogP contribution in [0, 0.1) is 0 Å². The molecular weight excluding hydrogens is 102 g/mol. The Morgan fingerprint density at radius 1 is 1.00 bits per heavy atom. The van der Waals surface area contributed by atoms with Gasteiger partial charge in [0.05, 0.1) is 0 Å². The van der Waals surface area contributed by atoms with E-state index in [2.05, 4.69) is 0 Å². The summed E-state index contributed by atoms with van der Waals surface area (Å²) in [5, 5.41) is 0. The van der Waals surface area contributed by atoms with Crippen molar-refractivity contribution >= 4 is 6.42 Å². The highest BCUT2D eigenvalue weighted by Gasteiger charge is 2.15. The van der Waals surface area contributed by atoms with E-state index in [4.69, 9.17) is 0 Å². The van der Waals surface area contributed by atoms with Gasteiger partial charge in [-0.2, -0.15) is 19.0 Å². The molecule has 2 heteroatoms. The van der Waals surface area contributed by atoms with E-state index in [9.17, 15) is 4.32 Å². The monoisotopic (exact) mass is 117 g/mol. The van der Waals surface area contributed by atoms with Crippen molar-refractivity contribution in [1.82, 2.24) is 0 Å². The molecule has 0 unspecified atom stereocenters. The van der Waals surface area contributed by atoms with Crippen LogP contribution in [0.15, 0.2) is 0 Å². The fraction of sp³-hybridized carbons (Fsp3) is 1.00. The van der Waals surface area contributed by atoms with Gasteiger partial charge < -0.3 is 4.32 Å². The van der Waals surface area contributed by atoms with Crippen molar-refractivity contribution in [3.63, 3.8) is 0 Å². The SMILES string of the molecule is CC[B-](F)(CC)CC. The van der Waals surface area contributed by atoms with Crippen LogP contribution < -0.4 is 0 Å². The highest BCUT2D eigenvalue weighted by atomic mass is 19.1. The fourth-order valence-corrected chi connectivity index (χ4v) is 0.866. The Kier molecular flexibility index (Phi) is 3.11. The van der Waals surface area contributed by atoms with Crippen molar-refractivity contribution in [2.75, 3.05) is 0 Å². The predicted octanol–water partition coefficient (Wildman–Crippen LogP) is 2.96. The molecule has 0 heterocycles. The Morgan fingerprint density at radius 3 is 1.25 bits per heavy atom. The third-order valence-electron chi connectivity index (χ3n) is 2.19. The molecule has 0 rings (SSSR count). The summed E-state index contributed by atoms with van der Waals surface area (Å²) in [6.45, 7) is 5.77. The second-order valence-corrected chi connectivity index (χ2v) is 2.55. The molecule has 0 atom stereocenters. The summed E-state index contributed by atoms with van der Waals surface area (Å²) < 4.78 is 13.0. The van der Waals surface area contributed by atoms with Crippen LogP contribution >= 0.6 is 0 Å². The standard InChI is InChI=1S/C6H15BF/c1-4-7(8,5-2)6-3/h4-6H2,1-3H3/q-1. The summed E-state index contributed by atoms with van der Waals surface area (Å²) >= 11 is 0. The average Bonchev–Trinajstić information content (AvgIpc) is 1.87. The first kappa shape index (κ1) is 7.99. The van der Waals surface area contributed by atoms with E-state index >= 15 is 0 Å². The third kappa shape index (κ3) is 1.85. The third-order valence-corrected chi connectivity index (χ3v) is 2.19. The second kappa shape index (κ2) is 3.11. The molecular formula is C6H15BF-. The first-order valence-corrected chi connectivity index (χ1v) is 3.56. The van der Waals surface area contributed by atoms with Crippen LogP contribution in [0.4, 0.5) is 4.32 Å². The van der Waals surface area contributed by atoms with Gasteiger partial charge in [-0.25, -0.2) is 0 Å². The number of hydrogen-bond acceptors (Lipinski definition) is 0. The smallest absolute Gasteiger partial charge is 0.156 e. The molecule has 0 fully saturated rings. The first-order chi connectivity index (χ1) is 3.68. The van der Waals surface area contributed by atoms with E-state index in [-0.39, 0.29) is 0 Å². The lowest BCUT2D eigenvalue weighted by molar-refractivity contribution is 0.753. The molecule has 0 saturated carbocycles. The fourth-order valence-electron chi connectivity index (χ4n) is 0.866. The van der Waals surface area contributed by atoms with Crippen molar-refractivity contribution in [2.24, 2.45) is 0 Å². The molecule has 0 bridgehead atoms. The molecule has 50 valence electrons. The zero-order valence-electron chi connectivity index (χ0n) is 6.08. The highest BCUT2D eigenvalue weighted by Crippen LogP contribution is 2.20. The second-order valence-electron chi connectivity index (χ2n) is 2.55. The van der Waals surface area contributed by atoms with E-state index < -0.39 is 6.42 Å². The largest absolute Gasteiger partial charge is 0.517 e. The summed E-state index contributed by atoms with van der Waals surface area (Å²) in [5.74, 6) is 0. The molecule has 0 nitrogen and oxygen atoms in total. The van der Waals surface area contributed by atoms with Gasteiger partial charge >= 0.3 is 0 Å². The number of hydrogen-bond donors (Lipinski definition) is 0. The van der Waals surface area contributed by atoms with Gasteiger partial charge in [-0.1, -0.05) is 20.8 Å². The van der Waals surface area contributed by atoms with Crippen molar-refractivity contribution in [3.05, 3.63) is 0 Å². The molecule has 0 aliphatic heterocycles. The van der Waals surface area contributed by atoms with Gasteiger partial charge in [0.15, 0.2) is 6.42 Å². The maximum atomic E-state index is 13.0. The van der Waals surface area contributed by atoms with Gasteiger partial charge in [0, 0.05) is 0 Å². The summed E-state index contributed by atoms with van der Waals surface area (Å²) in [6, 6.07) is 0. The minimum atomic E-state index is -1.46. The maximum absolute atomic E-state index is 13.0. The summed E-state index contributed by atoms with van der Waals surface area (Å²) in [6.07, 6.45) is 0.687. The van der Waals surface area contributed by atoms with Crippen LogP contribution in [0.3, 0.4) is 0 Å². The Labute approximate surface area is 51.4 Å². The lowest BCUT2D eigenvalue weighted by Gasteiger charge is -2.25. The van der Waals surface area contributed by atoms with E-state index in [1.807, 2.05) is 20.8 Å². The zero-order chi connectivity index (χ0) is 6.62. The van der Waals surface area contributed by atoms with Crippen LogP contribution in [0.5, 0.6) is 0 Å². The lowest BCUT2D eigenvalue weighted by atomic mass is 9.38. The van der Waals surface area contributed by atoms with Crippen LogP contribution in [0.1, 0.15) is 20.8 Å². The molecule has 0 amide bonds. The van der Waals surface area contributed by atoms with Crippen molar-refractivity contribution < 1.29 is 4.32 Å². The summed E-state index contributed by atoms with van der Waals surface area (Å²) in [4.78, 5) is 0. The van der Waals surface area contributed by atoms with Gasteiger partial charge in [-0.3, -0.25) is 0 Å². The van der Waals surface area contributed by atoms with Crippen LogP contribution in [0.2, 0.25) is 19.0 Å². The molecule has 8 heavy (non-hydrogen) atoms. The number of rotatable bonds is 3. The van der Waals surface area contributed by atoms with Gasteiger partial charge in [-0.05, 0) is 0 Å². The van der Waals surface area contributed by atoms with Crippen molar-refractivity contribution in [1.29, 1.82) is 0 Å². The van der Waals surface area contributed by atoms with Gasteiger partial charge in [0.1, 0.15) is 0 Å². The van der Waals surface area contributed by atoms with E-state index in [1.54, 1.807) is 0 Å². The molecule has 0 aliphatic rings. The molecule has 0 aliphatic carbocycles. The lowest BCUT2D eigenvalue weighted by Crippen LogP contribution is -2.23. The minimum absolute atomic E-state index is 0.715. The molecule has 0 aromatic carbocycles. The Bertz CT molecular complexity index is 51.3. The zero-order valence-corrected chi connectivity index (χ0v) is 6.08. The van der Waals surface area contributed by atoms with Crippen LogP contribution in [-0.2, 0) is 0 Å². The molecule has 0 aromatic heterocycles. The molecule has 0 saturated heterocycles. The Hall–Kier alpha value is -0.00506. The average molecular weight is 117 g/mol. The first-order valence-electron chi connectivity index (χ1n) is 3.56. The van der Waals surface area contributed by atoms with Crippen molar-refractivity contribution in [3.8, 4) is 0 Å². The van der Waals surface area contributed by atoms with Gasteiger partial charge in [0.25, 0.3) is 0 Å². The molecule has 0 N–H and O–H groups in total. The topological polar surface area (TPSA) is 0 Å². The Balaban J connectivity index is 3.58. The van der Waals surface area contributed by atoms with E-state index in [1.165, 1.54) is 0 Å². The van der Waals surface area contributed by atoms with E-state index in [0.717, 1.165) is 0 Å². The number of halogens is 1. The van der Waals surface area contributed by atoms with Gasteiger partial charge in [0.2, 0.25) is 0 Å². The highest BCUT2D eigenvalue weighted by molar-refractivity contribution is 6.72. The summed E-state index contributed by atoms with van der Waals surface area (Å²) in [5.41, 5.74) is 0. The Morgan fingerprint density at radius 2 is 1.25 bits per heavy atom. The normalized spacial score (nSPS) is 12.0. The van der Waals surface area contributed by atoms with Crippen molar-refractivity contribution in [2.45, 2.75) is 39.7 Å². The molecule has 0 radical (unpaired) electrons. The minimum Gasteiger partial charge on any atom is -0.517 e. The maximum Gasteiger partial charge on any atom is 0.156 e. The van der Waals surface area contributed by atoms with Crippen LogP contribution in [0.25, 0.3) is 0 Å². The predicted molar refractivity (Wildman–Crippen MR) is 38.3 cm³/mol. The molecule has 0 aromatic rings. The van der Waals surface area contributed by atoms with E-state index in [0.29, 0.717) is 19.0 Å². The van der Waals surface area contributed by atoms with Gasteiger partial charge in [-0.15, -0.1) is 0 Å².